The predicted octanol–water partition coefficient (Wildman–Crippen LogP) is 2.33. The molecule has 7 nitrogen and oxygen atoms in total. The molecule has 8 heteroatoms. The van der Waals surface area contributed by atoms with Crippen LogP contribution < -0.4 is 0 Å². The van der Waals surface area contributed by atoms with E-state index in [-0.39, 0.29) is 36.3 Å². The number of ether oxygens (including phenoxy) is 1. The molecule has 1 aromatic carbocycles. The zero-order valence-corrected chi connectivity index (χ0v) is 16.1. The zero-order chi connectivity index (χ0) is 19.0. The van der Waals surface area contributed by atoms with Gasteiger partial charge in [0.25, 0.3) is 0 Å². The maximum atomic E-state index is 12.8. The van der Waals surface area contributed by atoms with Gasteiger partial charge in [-0.2, -0.15) is 4.31 Å². The lowest BCUT2D eigenvalue weighted by atomic mass is 10.2. The Morgan fingerprint density at radius 1 is 1.24 bits per heavy atom. The topological polar surface area (TPSA) is 87.2 Å². The van der Waals surface area contributed by atoms with Crippen molar-refractivity contribution in [2.75, 3.05) is 19.6 Å². The Bertz CT molecular complexity index is 735. The van der Waals surface area contributed by atoms with Gasteiger partial charge in [-0.1, -0.05) is 0 Å². The quantitative estimate of drug-likeness (QED) is 0.863. The predicted molar refractivity (Wildman–Crippen MR) is 94.0 cm³/mol. The monoisotopic (exact) mass is 370 g/mol. The molecule has 1 aromatic rings. The maximum absolute atomic E-state index is 12.8. The summed E-state index contributed by atoms with van der Waals surface area (Å²) in [5, 5.41) is 9.68. The minimum absolute atomic E-state index is 0.0583. The van der Waals surface area contributed by atoms with Crippen LogP contribution in [-0.4, -0.2) is 60.1 Å². The first-order valence-electron chi connectivity index (χ1n) is 8.20. The van der Waals surface area contributed by atoms with Crippen LogP contribution in [0.5, 0.6) is 5.75 Å². The van der Waals surface area contributed by atoms with E-state index in [1.54, 1.807) is 39.5 Å². The molecule has 140 valence electrons. The van der Waals surface area contributed by atoms with E-state index >= 15 is 0 Å². The van der Waals surface area contributed by atoms with Crippen LogP contribution in [0.1, 0.15) is 33.3 Å². The lowest BCUT2D eigenvalue weighted by Crippen LogP contribution is -2.56. The van der Waals surface area contributed by atoms with Crippen molar-refractivity contribution in [1.29, 1.82) is 0 Å². The first kappa shape index (κ1) is 19.5. The Morgan fingerprint density at radius 3 is 2.40 bits per heavy atom. The lowest BCUT2D eigenvalue weighted by Gasteiger charge is -2.39. The van der Waals surface area contributed by atoms with E-state index in [1.165, 1.54) is 22.5 Å². The van der Waals surface area contributed by atoms with Gasteiger partial charge in [0.2, 0.25) is 10.0 Å². The summed E-state index contributed by atoms with van der Waals surface area (Å²) < 4.78 is 32.4. The highest BCUT2D eigenvalue weighted by atomic mass is 32.2. The van der Waals surface area contributed by atoms with Crippen molar-refractivity contribution in [3.63, 3.8) is 0 Å². The zero-order valence-electron chi connectivity index (χ0n) is 15.3. The minimum atomic E-state index is -3.73. The summed E-state index contributed by atoms with van der Waals surface area (Å²) in [6.45, 7) is 9.51. The van der Waals surface area contributed by atoms with Gasteiger partial charge >= 0.3 is 6.09 Å². The summed E-state index contributed by atoms with van der Waals surface area (Å²) >= 11 is 0. The first-order chi connectivity index (χ1) is 11.4. The molecule has 1 aliphatic rings. The van der Waals surface area contributed by atoms with Crippen LogP contribution in [0.15, 0.2) is 23.1 Å². The minimum Gasteiger partial charge on any atom is -0.508 e. The number of phenols is 1. The number of piperazine rings is 1. The summed E-state index contributed by atoms with van der Waals surface area (Å²) in [6.07, 6.45) is -0.440. The third kappa shape index (κ3) is 4.64. The Labute approximate surface area is 149 Å². The van der Waals surface area contributed by atoms with Crippen molar-refractivity contribution >= 4 is 16.1 Å². The molecule has 1 fully saturated rings. The number of aryl methyl sites for hydroxylation is 1. The molecule has 0 bridgehead atoms. The van der Waals surface area contributed by atoms with Gasteiger partial charge in [0.15, 0.2) is 0 Å². The van der Waals surface area contributed by atoms with Crippen LogP contribution in [0.3, 0.4) is 0 Å². The summed E-state index contributed by atoms with van der Waals surface area (Å²) in [5.41, 5.74) is 0.0676. The maximum Gasteiger partial charge on any atom is 0.410 e. The van der Waals surface area contributed by atoms with Crippen LogP contribution in [-0.2, 0) is 14.8 Å². The van der Waals surface area contributed by atoms with E-state index in [9.17, 15) is 18.3 Å². The molecule has 0 aliphatic carbocycles. The SMILES string of the molecule is Cc1cc(O)cc(S(=O)(=O)N2CCN(C(=O)OC(C)(C)C)C(C)C2)c1. The van der Waals surface area contributed by atoms with Crippen LogP contribution in [0.25, 0.3) is 0 Å². The lowest BCUT2D eigenvalue weighted by molar-refractivity contribution is 0.00859. The molecule has 1 saturated heterocycles. The second-order valence-electron chi connectivity index (χ2n) is 7.39. The molecule has 1 heterocycles. The average Bonchev–Trinajstić information content (AvgIpc) is 2.44. The number of aromatic hydroxyl groups is 1. The highest BCUT2D eigenvalue weighted by molar-refractivity contribution is 7.89. The number of phenolic OH excluding ortho intramolecular Hbond substituents is 1. The van der Waals surface area contributed by atoms with Crippen molar-refractivity contribution in [3.05, 3.63) is 23.8 Å². The number of rotatable bonds is 2. The Morgan fingerprint density at radius 2 is 1.88 bits per heavy atom. The van der Waals surface area contributed by atoms with E-state index < -0.39 is 21.7 Å². The van der Waals surface area contributed by atoms with Crippen molar-refractivity contribution in [1.82, 2.24) is 9.21 Å². The highest BCUT2D eigenvalue weighted by Gasteiger charge is 2.36. The summed E-state index contributed by atoms with van der Waals surface area (Å²) in [5.74, 6) is -0.0842. The Kier molecular flexibility index (Phi) is 5.34. The van der Waals surface area contributed by atoms with Crippen LogP contribution in [0.2, 0.25) is 0 Å². The molecule has 0 aromatic heterocycles. The first-order valence-corrected chi connectivity index (χ1v) is 9.64. The summed E-state index contributed by atoms with van der Waals surface area (Å²) in [7, 11) is -3.73. The molecule has 1 unspecified atom stereocenters. The van der Waals surface area contributed by atoms with Gasteiger partial charge in [-0.05, 0) is 58.4 Å². The molecular formula is C17H26N2O5S. The number of carbonyl (C=O) groups is 1. The standard InChI is InChI=1S/C17H26N2O5S/c1-12-8-14(20)10-15(9-12)25(22,23)18-6-7-19(13(2)11-18)16(21)24-17(3,4)5/h8-10,13,20H,6-7,11H2,1-5H3. The van der Waals surface area contributed by atoms with E-state index in [4.69, 9.17) is 4.74 Å². The van der Waals surface area contributed by atoms with Gasteiger partial charge in [-0.3, -0.25) is 0 Å². The highest BCUT2D eigenvalue weighted by Crippen LogP contribution is 2.25. The third-order valence-corrected chi connectivity index (χ3v) is 5.73. The molecule has 1 atom stereocenters. The molecule has 0 spiro atoms. The van der Waals surface area contributed by atoms with Crippen LogP contribution >= 0.6 is 0 Å². The molecular weight excluding hydrogens is 344 g/mol. The van der Waals surface area contributed by atoms with Gasteiger partial charge in [-0.15, -0.1) is 0 Å². The van der Waals surface area contributed by atoms with E-state index in [2.05, 4.69) is 0 Å². The van der Waals surface area contributed by atoms with Crippen molar-refractivity contribution in [2.45, 2.75) is 51.2 Å². The second-order valence-corrected chi connectivity index (χ2v) is 9.33. The van der Waals surface area contributed by atoms with Crippen LogP contribution in [0, 0.1) is 6.92 Å². The largest absolute Gasteiger partial charge is 0.508 e. The van der Waals surface area contributed by atoms with Gasteiger partial charge in [-0.25, -0.2) is 13.2 Å². The molecule has 0 radical (unpaired) electrons. The van der Waals surface area contributed by atoms with Crippen molar-refractivity contribution in [2.24, 2.45) is 0 Å². The Balaban J connectivity index is 2.15. The fourth-order valence-corrected chi connectivity index (χ4v) is 4.40. The smallest absolute Gasteiger partial charge is 0.410 e. The summed E-state index contributed by atoms with van der Waals surface area (Å²) in [4.78, 5) is 13.8. The van der Waals surface area contributed by atoms with E-state index in [0.29, 0.717) is 5.56 Å². The number of hydrogen-bond acceptors (Lipinski definition) is 5. The number of nitrogens with zero attached hydrogens (tertiary/aromatic N) is 2. The van der Waals surface area contributed by atoms with Crippen LogP contribution in [0.4, 0.5) is 4.79 Å². The number of amides is 1. The van der Waals surface area contributed by atoms with E-state index in [1.807, 2.05) is 0 Å². The van der Waals surface area contributed by atoms with Crippen molar-refractivity contribution < 1.29 is 23.1 Å². The summed E-state index contributed by atoms with van der Waals surface area (Å²) in [6, 6.07) is 3.96. The molecule has 25 heavy (non-hydrogen) atoms. The number of sulfonamides is 1. The van der Waals surface area contributed by atoms with Gasteiger partial charge in [0, 0.05) is 25.7 Å². The molecule has 1 aliphatic heterocycles. The van der Waals surface area contributed by atoms with Crippen molar-refractivity contribution in [3.8, 4) is 5.75 Å². The number of benzene rings is 1. The molecule has 0 saturated carbocycles. The van der Waals surface area contributed by atoms with E-state index in [0.717, 1.165) is 0 Å². The van der Waals surface area contributed by atoms with Gasteiger partial charge in [0.05, 0.1) is 4.90 Å². The Hall–Kier alpha value is -1.80. The molecule has 1 amide bonds. The fraction of sp³-hybridized carbons (Fsp3) is 0.588. The normalized spacial score (nSPS) is 19.7. The van der Waals surface area contributed by atoms with Gasteiger partial charge < -0.3 is 14.7 Å². The fourth-order valence-electron chi connectivity index (χ4n) is 2.76. The molecule has 2 rings (SSSR count). The second kappa shape index (κ2) is 6.84. The van der Waals surface area contributed by atoms with Gasteiger partial charge in [0.1, 0.15) is 11.4 Å². The average molecular weight is 370 g/mol. The third-order valence-electron chi connectivity index (χ3n) is 3.89. The number of hydrogen-bond donors (Lipinski definition) is 1. The number of carbonyl (C=O) groups excluding carboxylic acids is 1. The molecule has 1 N–H and O–H groups in total.